The summed E-state index contributed by atoms with van der Waals surface area (Å²) in [4.78, 5) is 22.0. The molecule has 5 atom stereocenters. The number of hydrogen-bond donors (Lipinski definition) is 1. The zero-order valence-electron chi connectivity index (χ0n) is 20.5. The second-order valence-electron chi connectivity index (χ2n) is 10.2. The second-order valence-corrected chi connectivity index (χ2v) is 10.2. The van der Waals surface area contributed by atoms with Gasteiger partial charge in [-0.1, -0.05) is 50.2 Å². The van der Waals surface area contributed by atoms with E-state index >= 15 is 0 Å². The van der Waals surface area contributed by atoms with Gasteiger partial charge in [0, 0.05) is 56.2 Å². The molecular formula is C29H31F2N3O2. The molecule has 0 radical (unpaired) electrons. The minimum absolute atomic E-state index is 0.0658. The molecule has 2 saturated heterocycles. The summed E-state index contributed by atoms with van der Waals surface area (Å²) in [6.45, 7) is 5.58. The molecule has 7 heteroatoms. The quantitative estimate of drug-likeness (QED) is 0.581. The van der Waals surface area contributed by atoms with Crippen LogP contribution in [0.25, 0.3) is 0 Å². The number of halogens is 2. The van der Waals surface area contributed by atoms with Gasteiger partial charge in [0.05, 0.1) is 23.4 Å². The number of piperidine rings is 1. The smallest absolute Gasteiger partial charge is 0.228 e. The third-order valence-corrected chi connectivity index (χ3v) is 8.05. The van der Waals surface area contributed by atoms with Gasteiger partial charge in [0.1, 0.15) is 11.6 Å². The normalized spacial score (nSPS) is 28.4. The molecule has 1 aromatic heterocycles. The lowest BCUT2D eigenvalue weighted by Gasteiger charge is -2.48. The van der Waals surface area contributed by atoms with Crippen LogP contribution in [0.2, 0.25) is 0 Å². The van der Waals surface area contributed by atoms with Gasteiger partial charge in [-0.15, -0.1) is 0 Å². The van der Waals surface area contributed by atoms with Gasteiger partial charge in [-0.05, 0) is 29.3 Å². The molecule has 1 amide bonds. The minimum Gasteiger partial charge on any atom is -0.384 e. The van der Waals surface area contributed by atoms with E-state index in [0.717, 1.165) is 17.3 Å². The van der Waals surface area contributed by atoms with Crippen molar-refractivity contribution in [1.29, 1.82) is 0 Å². The number of carbonyl (C=O) groups excluding carboxylic acids is 1. The molecule has 2 aliphatic heterocycles. The monoisotopic (exact) mass is 491 g/mol. The van der Waals surface area contributed by atoms with Crippen LogP contribution in [0.5, 0.6) is 0 Å². The van der Waals surface area contributed by atoms with Crippen molar-refractivity contribution in [2.24, 2.45) is 17.8 Å². The Morgan fingerprint density at radius 2 is 1.69 bits per heavy atom. The predicted octanol–water partition coefficient (Wildman–Crippen LogP) is 4.58. The number of nitrogens with zero attached hydrogens (tertiary/aromatic N) is 3. The van der Waals surface area contributed by atoms with E-state index in [0.29, 0.717) is 31.7 Å². The molecule has 36 heavy (non-hydrogen) atoms. The molecule has 0 aliphatic carbocycles. The molecule has 3 heterocycles. The molecule has 0 unspecified atom stereocenters. The Kier molecular flexibility index (Phi) is 6.51. The fraction of sp³-hybridized carbons (Fsp3) is 0.379. The number of aliphatic hydroxyl groups is 1. The van der Waals surface area contributed by atoms with Crippen molar-refractivity contribution < 1.29 is 18.7 Å². The summed E-state index contributed by atoms with van der Waals surface area (Å²) in [5.41, 5.74) is 1.02. The Morgan fingerprint density at radius 1 is 0.972 bits per heavy atom. The third-order valence-electron chi connectivity index (χ3n) is 8.05. The van der Waals surface area contributed by atoms with Crippen LogP contribution < -0.4 is 4.90 Å². The third kappa shape index (κ3) is 4.26. The highest BCUT2D eigenvalue weighted by molar-refractivity contribution is 5.82. The van der Waals surface area contributed by atoms with Crippen LogP contribution in [0.3, 0.4) is 0 Å². The summed E-state index contributed by atoms with van der Waals surface area (Å²) in [7, 11) is 0. The van der Waals surface area contributed by atoms with E-state index in [1.165, 1.54) is 12.1 Å². The first-order chi connectivity index (χ1) is 17.3. The predicted molar refractivity (Wildman–Crippen MR) is 134 cm³/mol. The molecule has 0 saturated carbocycles. The highest BCUT2D eigenvalue weighted by Gasteiger charge is 2.49. The number of pyridine rings is 1. The Bertz CT molecular complexity index is 1210. The molecule has 0 bridgehead atoms. The lowest BCUT2D eigenvalue weighted by Crippen LogP contribution is -2.57. The average molecular weight is 492 g/mol. The van der Waals surface area contributed by atoms with Crippen LogP contribution in [0.15, 0.2) is 73.1 Å². The van der Waals surface area contributed by atoms with Crippen molar-refractivity contribution in [3.63, 3.8) is 0 Å². The van der Waals surface area contributed by atoms with E-state index in [4.69, 9.17) is 0 Å². The van der Waals surface area contributed by atoms with Crippen LogP contribution in [0, 0.1) is 29.4 Å². The second kappa shape index (κ2) is 9.62. The van der Waals surface area contributed by atoms with Crippen molar-refractivity contribution >= 4 is 11.6 Å². The molecule has 3 aromatic rings. The summed E-state index contributed by atoms with van der Waals surface area (Å²) in [6.07, 6.45) is 3.42. The number of amides is 1. The maximum atomic E-state index is 14.9. The zero-order chi connectivity index (χ0) is 25.4. The lowest BCUT2D eigenvalue weighted by atomic mass is 9.70. The molecule has 188 valence electrons. The SMILES string of the molecule is C[C@@H]1CN(C(=O)[C@@H]2CN(c3cccnc3)C[C@H]2c2ccc(F)cc2F)C[C@H](C)[C@@]1(O)c1ccccc1. The largest absolute Gasteiger partial charge is 0.384 e. The standard InChI is InChI=1S/C29H31F2N3O2/c1-19-15-34(16-20(2)29(19,36)21-7-4-3-5-8-21)28(35)26-18-33(23-9-6-12-32-14-23)17-25(26)24-11-10-22(30)13-27(24)31/h3-14,19-20,25-26,36H,15-18H2,1-2H3/t19-,20+,25-,26+,29-/m0/s1. The summed E-state index contributed by atoms with van der Waals surface area (Å²) in [5, 5.41) is 11.7. The van der Waals surface area contributed by atoms with Crippen LogP contribution in [0.1, 0.15) is 30.9 Å². The van der Waals surface area contributed by atoms with Gasteiger partial charge < -0.3 is 14.9 Å². The van der Waals surface area contributed by atoms with Crippen molar-refractivity contribution in [1.82, 2.24) is 9.88 Å². The van der Waals surface area contributed by atoms with Gasteiger partial charge in [0.2, 0.25) is 5.91 Å². The van der Waals surface area contributed by atoms with E-state index in [1.807, 2.05) is 66.1 Å². The lowest BCUT2D eigenvalue weighted by molar-refractivity contribution is -0.152. The van der Waals surface area contributed by atoms with E-state index in [2.05, 4.69) is 4.98 Å². The number of rotatable bonds is 4. The summed E-state index contributed by atoms with van der Waals surface area (Å²) < 4.78 is 28.6. The number of carbonyl (C=O) groups is 1. The van der Waals surface area contributed by atoms with Crippen molar-refractivity contribution in [2.75, 3.05) is 31.1 Å². The van der Waals surface area contributed by atoms with Crippen LogP contribution >= 0.6 is 0 Å². The molecular weight excluding hydrogens is 460 g/mol. The number of anilines is 1. The molecule has 5 nitrogen and oxygen atoms in total. The zero-order valence-corrected chi connectivity index (χ0v) is 20.5. The first-order valence-corrected chi connectivity index (χ1v) is 12.5. The Morgan fingerprint density at radius 3 is 2.33 bits per heavy atom. The average Bonchev–Trinajstić information content (AvgIpc) is 3.32. The summed E-state index contributed by atoms with van der Waals surface area (Å²) >= 11 is 0. The van der Waals surface area contributed by atoms with Crippen molar-refractivity contribution in [2.45, 2.75) is 25.4 Å². The van der Waals surface area contributed by atoms with Crippen LogP contribution in [0.4, 0.5) is 14.5 Å². The van der Waals surface area contributed by atoms with Gasteiger partial charge >= 0.3 is 0 Å². The Balaban J connectivity index is 1.43. The maximum Gasteiger partial charge on any atom is 0.228 e. The molecule has 2 fully saturated rings. The highest BCUT2D eigenvalue weighted by atomic mass is 19.1. The van der Waals surface area contributed by atoms with Crippen molar-refractivity contribution in [3.05, 3.63) is 95.8 Å². The molecule has 1 N–H and O–H groups in total. The first-order valence-electron chi connectivity index (χ1n) is 12.5. The Labute approximate surface area is 210 Å². The van der Waals surface area contributed by atoms with E-state index in [9.17, 15) is 18.7 Å². The molecule has 2 aliphatic rings. The van der Waals surface area contributed by atoms with Gasteiger partial charge in [0.15, 0.2) is 0 Å². The number of aromatic nitrogens is 1. The Hall–Kier alpha value is -3.32. The number of hydrogen-bond acceptors (Lipinski definition) is 4. The maximum absolute atomic E-state index is 14.9. The van der Waals surface area contributed by atoms with Gasteiger partial charge in [0.25, 0.3) is 0 Å². The van der Waals surface area contributed by atoms with Gasteiger partial charge in [-0.3, -0.25) is 9.78 Å². The molecule has 2 aromatic carbocycles. The summed E-state index contributed by atoms with van der Waals surface area (Å²) in [5.74, 6) is -2.66. The number of benzene rings is 2. The fourth-order valence-corrected chi connectivity index (χ4v) is 6.11. The first kappa shape index (κ1) is 24.4. The number of likely N-dealkylation sites (tertiary alicyclic amines) is 1. The molecule has 0 spiro atoms. The molecule has 5 rings (SSSR count). The summed E-state index contributed by atoms with van der Waals surface area (Å²) in [6, 6.07) is 16.9. The topological polar surface area (TPSA) is 56.7 Å². The van der Waals surface area contributed by atoms with Gasteiger partial charge in [-0.2, -0.15) is 0 Å². The van der Waals surface area contributed by atoms with E-state index < -0.39 is 29.1 Å². The minimum atomic E-state index is -1.04. The van der Waals surface area contributed by atoms with E-state index in [1.54, 1.807) is 12.4 Å². The van der Waals surface area contributed by atoms with Gasteiger partial charge in [-0.25, -0.2) is 8.78 Å². The highest BCUT2D eigenvalue weighted by Crippen LogP contribution is 2.43. The van der Waals surface area contributed by atoms with Crippen molar-refractivity contribution in [3.8, 4) is 0 Å². The van der Waals surface area contributed by atoms with Crippen LogP contribution in [-0.2, 0) is 10.4 Å². The van der Waals surface area contributed by atoms with E-state index in [-0.39, 0.29) is 17.7 Å². The fourth-order valence-electron chi connectivity index (χ4n) is 6.11. The van der Waals surface area contributed by atoms with Crippen LogP contribution in [-0.4, -0.2) is 47.1 Å².